The largest absolute Gasteiger partial charge is 0.364 e. The summed E-state index contributed by atoms with van der Waals surface area (Å²) in [5.41, 5.74) is 1.87. The highest BCUT2D eigenvalue weighted by molar-refractivity contribution is 7.21. The van der Waals surface area contributed by atoms with Crippen LogP contribution in [0.15, 0.2) is 42.6 Å². The molecule has 0 saturated carbocycles. The van der Waals surface area contributed by atoms with Crippen LogP contribution in [0.25, 0.3) is 20.8 Å². The van der Waals surface area contributed by atoms with Gasteiger partial charge in [-0.2, -0.15) is 0 Å². The SMILES string of the molecule is Fc1cccc(F)c1-c1nc2cc(Nc3ccc(N4CCC(F)(F)C4)c(CN4CCCC4)n3)ncc2s1. The number of anilines is 3. The Morgan fingerprint density at radius 3 is 2.49 bits per heavy atom. The van der Waals surface area contributed by atoms with Crippen molar-refractivity contribution in [1.82, 2.24) is 19.9 Å². The van der Waals surface area contributed by atoms with E-state index in [0.717, 1.165) is 48.6 Å². The molecule has 192 valence electrons. The van der Waals surface area contributed by atoms with E-state index >= 15 is 0 Å². The fraction of sp³-hybridized carbons (Fsp3) is 0.346. The van der Waals surface area contributed by atoms with Crippen LogP contribution in [0.1, 0.15) is 25.0 Å². The van der Waals surface area contributed by atoms with Crippen LogP contribution in [-0.2, 0) is 6.54 Å². The van der Waals surface area contributed by atoms with Crippen LogP contribution in [0.2, 0.25) is 0 Å². The van der Waals surface area contributed by atoms with Gasteiger partial charge < -0.3 is 10.2 Å². The Balaban J connectivity index is 1.28. The molecule has 0 bridgehead atoms. The second kappa shape index (κ2) is 9.53. The van der Waals surface area contributed by atoms with Gasteiger partial charge in [-0.25, -0.2) is 32.5 Å². The van der Waals surface area contributed by atoms with Crippen LogP contribution in [0.3, 0.4) is 0 Å². The highest BCUT2D eigenvalue weighted by Crippen LogP contribution is 2.36. The number of hydrogen-bond donors (Lipinski definition) is 1. The zero-order valence-electron chi connectivity index (χ0n) is 19.9. The minimum atomic E-state index is -2.70. The molecule has 2 aliphatic heterocycles. The topological polar surface area (TPSA) is 57.2 Å². The maximum absolute atomic E-state index is 14.2. The van der Waals surface area contributed by atoms with Crippen molar-refractivity contribution in [3.05, 3.63) is 59.9 Å². The average molecular weight is 529 g/mol. The van der Waals surface area contributed by atoms with Crippen LogP contribution in [-0.4, -0.2) is 52.0 Å². The van der Waals surface area contributed by atoms with Crippen molar-refractivity contribution in [3.63, 3.8) is 0 Å². The molecule has 1 N–H and O–H groups in total. The van der Waals surface area contributed by atoms with Crippen molar-refractivity contribution in [1.29, 1.82) is 0 Å². The zero-order chi connectivity index (χ0) is 25.6. The molecular formula is C26H24F4N6S. The molecule has 6 rings (SSSR count). The van der Waals surface area contributed by atoms with Gasteiger partial charge in [-0.05, 0) is 50.2 Å². The van der Waals surface area contributed by atoms with E-state index in [1.54, 1.807) is 23.2 Å². The molecule has 3 aromatic heterocycles. The number of halogens is 4. The minimum Gasteiger partial charge on any atom is -0.364 e. The molecule has 0 radical (unpaired) electrons. The van der Waals surface area contributed by atoms with Gasteiger partial charge in [0.1, 0.15) is 28.3 Å². The van der Waals surface area contributed by atoms with Crippen LogP contribution in [0.5, 0.6) is 0 Å². The van der Waals surface area contributed by atoms with Crippen LogP contribution in [0.4, 0.5) is 34.9 Å². The van der Waals surface area contributed by atoms with Gasteiger partial charge in [0, 0.05) is 31.8 Å². The lowest BCUT2D eigenvalue weighted by Gasteiger charge is -2.24. The molecule has 2 saturated heterocycles. The first-order valence-electron chi connectivity index (χ1n) is 12.2. The summed E-state index contributed by atoms with van der Waals surface area (Å²) in [5, 5.41) is 3.41. The first-order chi connectivity index (χ1) is 17.8. The molecule has 2 aliphatic rings. The van der Waals surface area contributed by atoms with E-state index in [0.29, 0.717) is 34.9 Å². The van der Waals surface area contributed by atoms with Gasteiger partial charge in [0.15, 0.2) is 0 Å². The lowest BCUT2D eigenvalue weighted by Crippen LogP contribution is -2.28. The number of hydrogen-bond acceptors (Lipinski definition) is 7. The fourth-order valence-electron chi connectivity index (χ4n) is 4.91. The van der Waals surface area contributed by atoms with Gasteiger partial charge >= 0.3 is 0 Å². The molecule has 37 heavy (non-hydrogen) atoms. The van der Waals surface area contributed by atoms with E-state index in [1.807, 2.05) is 6.07 Å². The third kappa shape index (κ3) is 4.97. The Bertz CT molecular complexity index is 1430. The number of nitrogens with one attached hydrogen (secondary N) is 1. The number of nitrogens with zero attached hydrogens (tertiary/aromatic N) is 5. The maximum Gasteiger partial charge on any atom is 0.266 e. The van der Waals surface area contributed by atoms with E-state index in [4.69, 9.17) is 4.98 Å². The first-order valence-corrected chi connectivity index (χ1v) is 13.0. The maximum atomic E-state index is 14.2. The molecule has 0 unspecified atom stereocenters. The van der Waals surface area contributed by atoms with Crippen LogP contribution in [0, 0.1) is 11.6 Å². The molecule has 6 nitrogen and oxygen atoms in total. The zero-order valence-corrected chi connectivity index (χ0v) is 20.7. The molecule has 11 heteroatoms. The Hall–Kier alpha value is -3.31. The van der Waals surface area contributed by atoms with E-state index in [9.17, 15) is 17.6 Å². The molecule has 1 aromatic carbocycles. The van der Waals surface area contributed by atoms with E-state index in [-0.39, 0.29) is 23.5 Å². The van der Waals surface area contributed by atoms with E-state index in [1.165, 1.54) is 18.2 Å². The fourth-order valence-corrected chi connectivity index (χ4v) is 5.87. The predicted octanol–water partition coefficient (Wildman–Crippen LogP) is 6.22. The number of aromatic nitrogens is 3. The Labute approximate surface area is 215 Å². The van der Waals surface area contributed by atoms with Gasteiger partial charge in [0.2, 0.25) is 0 Å². The summed E-state index contributed by atoms with van der Waals surface area (Å²) in [6.45, 7) is 2.50. The summed E-state index contributed by atoms with van der Waals surface area (Å²) in [7, 11) is 0. The van der Waals surface area contributed by atoms with Gasteiger partial charge in [-0.1, -0.05) is 6.07 Å². The van der Waals surface area contributed by atoms with Gasteiger partial charge in [-0.15, -0.1) is 11.3 Å². The van der Waals surface area contributed by atoms with Gasteiger partial charge in [0.25, 0.3) is 5.92 Å². The highest BCUT2D eigenvalue weighted by atomic mass is 32.1. The second-order valence-corrected chi connectivity index (χ2v) is 10.5. The third-order valence-corrected chi connectivity index (χ3v) is 7.76. The van der Waals surface area contributed by atoms with E-state index < -0.39 is 17.6 Å². The quantitative estimate of drug-likeness (QED) is 0.300. The van der Waals surface area contributed by atoms with Gasteiger partial charge in [-0.3, -0.25) is 4.90 Å². The number of rotatable bonds is 6. The number of benzene rings is 1. The number of fused-ring (bicyclic) bond motifs is 1. The Morgan fingerprint density at radius 2 is 1.76 bits per heavy atom. The standard InChI is InChI=1S/C26H24F4N6S/c27-16-4-3-5-17(28)24(16)25-33-18-12-23(31-13-21(18)37-25)34-22-7-6-20(36-11-8-26(29,30)15-36)19(32-22)14-35-9-1-2-10-35/h3-7,12-13H,1-2,8-11,14-15H2,(H,31,32,34). The van der Waals surface area contributed by atoms with Crippen molar-refractivity contribution in [2.24, 2.45) is 0 Å². The van der Waals surface area contributed by atoms with Crippen molar-refractivity contribution in [2.75, 3.05) is 36.4 Å². The van der Waals surface area contributed by atoms with Crippen LogP contribution < -0.4 is 10.2 Å². The molecule has 0 atom stereocenters. The molecule has 2 fully saturated rings. The third-order valence-electron chi connectivity index (χ3n) is 6.74. The summed E-state index contributed by atoms with van der Waals surface area (Å²) >= 11 is 1.16. The Morgan fingerprint density at radius 1 is 0.973 bits per heavy atom. The summed E-state index contributed by atoms with van der Waals surface area (Å²) in [5.74, 6) is -3.03. The summed E-state index contributed by atoms with van der Waals surface area (Å²) in [6, 6.07) is 9.01. The molecule has 0 aliphatic carbocycles. The lowest BCUT2D eigenvalue weighted by molar-refractivity contribution is 0.0257. The number of alkyl halides is 2. The molecule has 0 spiro atoms. The number of thiazole rings is 1. The molecule has 4 aromatic rings. The summed E-state index contributed by atoms with van der Waals surface area (Å²) < 4.78 is 57.0. The number of pyridine rings is 2. The van der Waals surface area contributed by atoms with Crippen LogP contribution >= 0.6 is 11.3 Å². The van der Waals surface area contributed by atoms with Crippen molar-refractivity contribution in [2.45, 2.75) is 31.7 Å². The molecular weight excluding hydrogens is 504 g/mol. The second-order valence-electron chi connectivity index (χ2n) is 9.45. The minimum absolute atomic E-state index is 0.158. The van der Waals surface area contributed by atoms with Crippen molar-refractivity contribution in [3.8, 4) is 10.6 Å². The highest BCUT2D eigenvalue weighted by Gasteiger charge is 2.39. The first kappa shape index (κ1) is 24.1. The Kier molecular flexibility index (Phi) is 6.20. The predicted molar refractivity (Wildman–Crippen MR) is 137 cm³/mol. The monoisotopic (exact) mass is 528 g/mol. The summed E-state index contributed by atoms with van der Waals surface area (Å²) in [6.07, 6.45) is 3.67. The van der Waals surface area contributed by atoms with Gasteiger partial charge in [0.05, 0.1) is 33.7 Å². The normalized spacial score (nSPS) is 17.7. The molecule has 5 heterocycles. The lowest BCUT2D eigenvalue weighted by atomic mass is 10.2. The number of likely N-dealkylation sites (tertiary alicyclic amines) is 1. The van der Waals surface area contributed by atoms with E-state index in [2.05, 4.69) is 20.2 Å². The summed E-state index contributed by atoms with van der Waals surface area (Å²) in [4.78, 5) is 17.6. The molecule has 0 amide bonds. The smallest absolute Gasteiger partial charge is 0.266 e. The average Bonchev–Trinajstić information content (AvgIpc) is 3.59. The van der Waals surface area contributed by atoms with Crippen molar-refractivity contribution >= 4 is 38.9 Å². The van der Waals surface area contributed by atoms with Crippen molar-refractivity contribution < 1.29 is 17.6 Å².